The molecule has 2 rings (SSSR count). The monoisotopic (exact) mass is 510 g/mol. The number of hydrogen-bond donors (Lipinski definition) is 0. The highest BCUT2D eigenvalue weighted by Crippen LogP contribution is 2.30. The lowest BCUT2D eigenvalue weighted by Gasteiger charge is -2.27. The zero-order valence-electron chi connectivity index (χ0n) is 14.5. The number of nitrogens with zero attached hydrogens (tertiary/aromatic N) is 1. The lowest BCUT2D eigenvalue weighted by Crippen LogP contribution is -2.32. The van der Waals surface area contributed by atoms with E-state index in [9.17, 15) is 26.4 Å². The van der Waals surface area contributed by atoms with Crippen molar-refractivity contribution in [2.24, 2.45) is 0 Å². The summed E-state index contributed by atoms with van der Waals surface area (Å²) in [5.74, 6) is -2.08. The molecule has 28 heavy (non-hydrogen) atoms. The molecular formula is C17H15BrClFNO5S2-. The molecule has 0 aliphatic carbocycles. The first-order valence-electron chi connectivity index (χ1n) is 7.92. The Morgan fingerprint density at radius 1 is 1.29 bits per heavy atom. The summed E-state index contributed by atoms with van der Waals surface area (Å²) >= 11 is 6.04. The Bertz CT molecular complexity index is 1010. The van der Waals surface area contributed by atoms with Gasteiger partial charge in [-0.3, -0.25) is 13.3 Å². The maximum Gasteiger partial charge on any atom is 0.194 e. The van der Waals surface area contributed by atoms with Crippen molar-refractivity contribution in [3.05, 3.63) is 62.8 Å². The van der Waals surface area contributed by atoms with Gasteiger partial charge in [-0.1, -0.05) is 18.5 Å². The van der Waals surface area contributed by atoms with E-state index >= 15 is 0 Å². The number of halogens is 3. The van der Waals surface area contributed by atoms with E-state index in [0.29, 0.717) is 9.33 Å². The molecule has 6 nitrogen and oxygen atoms in total. The van der Waals surface area contributed by atoms with Crippen LogP contribution in [0.25, 0.3) is 0 Å². The molecule has 0 heterocycles. The summed E-state index contributed by atoms with van der Waals surface area (Å²) in [5.41, 5.74) is -0.101. The van der Waals surface area contributed by atoms with Gasteiger partial charge >= 0.3 is 0 Å². The van der Waals surface area contributed by atoms with Crippen LogP contribution in [0.3, 0.4) is 0 Å². The van der Waals surface area contributed by atoms with Crippen LogP contribution in [0.4, 0.5) is 10.1 Å². The van der Waals surface area contributed by atoms with E-state index in [1.54, 1.807) is 0 Å². The van der Waals surface area contributed by atoms with E-state index in [2.05, 4.69) is 15.9 Å². The molecule has 1 unspecified atom stereocenters. The SMILES string of the molecule is CCS(=O)(=O)CCN(c1cc(Br)c(C(=O)c2ccc(Cl)cc2)cc1F)S(=O)[O-]. The van der Waals surface area contributed by atoms with E-state index in [1.807, 2.05) is 0 Å². The average molecular weight is 512 g/mol. The van der Waals surface area contributed by atoms with E-state index in [-0.39, 0.29) is 27.0 Å². The topological polar surface area (TPSA) is 94.6 Å². The van der Waals surface area contributed by atoms with Crippen molar-refractivity contribution in [3.63, 3.8) is 0 Å². The maximum atomic E-state index is 14.6. The molecule has 0 aromatic heterocycles. The number of ketones is 1. The lowest BCUT2D eigenvalue weighted by atomic mass is 10.0. The number of sulfone groups is 1. The smallest absolute Gasteiger partial charge is 0.194 e. The second-order valence-corrected chi connectivity index (χ2v) is 10.3. The molecular weight excluding hydrogens is 497 g/mol. The van der Waals surface area contributed by atoms with Crippen molar-refractivity contribution in [2.45, 2.75) is 6.92 Å². The molecule has 0 aliphatic rings. The summed E-state index contributed by atoms with van der Waals surface area (Å²) in [6, 6.07) is 8.04. The van der Waals surface area contributed by atoms with Crippen LogP contribution in [-0.2, 0) is 21.1 Å². The summed E-state index contributed by atoms with van der Waals surface area (Å²) in [7, 11) is -3.45. The molecule has 0 amide bonds. The standard InChI is InChI=1S/C17H16BrClFNO5S2/c1-2-28(25,26)8-7-21(27(23)24)16-10-14(18)13(9-15(16)20)17(22)11-3-5-12(19)6-4-11/h3-6,9-10H,2,7-8H2,1H3,(H,23,24)/p-1. The molecule has 1 atom stereocenters. The number of benzene rings is 2. The Kier molecular flexibility index (Phi) is 7.74. The Morgan fingerprint density at radius 2 is 1.89 bits per heavy atom. The predicted molar refractivity (Wildman–Crippen MR) is 110 cm³/mol. The van der Waals surface area contributed by atoms with Crippen LogP contribution >= 0.6 is 27.5 Å². The summed E-state index contributed by atoms with van der Waals surface area (Å²) in [5, 5.41) is 0.438. The van der Waals surface area contributed by atoms with E-state index in [0.717, 1.165) is 12.1 Å². The third-order valence-corrected chi connectivity index (χ3v) is 7.21. The van der Waals surface area contributed by atoms with Gasteiger partial charge in [0.15, 0.2) is 15.6 Å². The lowest BCUT2D eigenvalue weighted by molar-refractivity contribution is 0.103. The van der Waals surface area contributed by atoms with Gasteiger partial charge in [-0.05, 0) is 52.3 Å². The fourth-order valence-corrected chi connectivity index (χ4v) is 4.34. The average Bonchev–Trinajstić information content (AvgIpc) is 2.64. The van der Waals surface area contributed by atoms with Gasteiger partial charge in [-0.25, -0.2) is 12.8 Å². The van der Waals surface area contributed by atoms with Crippen molar-refractivity contribution in [3.8, 4) is 0 Å². The summed E-state index contributed by atoms with van der Waals surface area (Å²) in [4.78, 5) is 12.6. The number of carbonyl (C=O) groups is 1. The fourth-order valence-electron chi connectivity index (χ4n) is 2.30. The van der Waals surface area contributed by atoms with Crippen LogP contribution in [0.2, 0.25) is 5.02 Å². The first-order chi connectivity index (χ1) is 13.1. The number of carbonyl (C=O) groups excluding carboxylic acids is 1. The van der Waals surface area contributed by atoms with Crippen LogP contribution in [0, 0.1) is 5.82 Å². The number of anilines is 1. The predicted octanol–water partition coefficient (Wildman–Crippen LogP) is 3.51. The third-order valence-electron chi connectivity index (χ3n) is 3.88. The minimum Gasteiger partial charge on any atom is -0.755 e. The highest BCUT2D eigenvalue weighted by molar-refractivity contribution is 9.10. The van der Waals surface area contributed by atoms with Crippen molar-refractivity contribution in [1.29, 1.82) is 0 Å². The van der Waals surface area contributed by atoms with Crippen molar-refractivity contribution in [1.82, 2.24) is 0 Å². The van der Waals surface area contributed by atoms with Gasteiger partial charge in [0.1, 0.15) is 5.82 Å². The summed E-state index contributed by atoms with van der Waals surface area (Å²) in [6.45, 7) is 0.988. The molecule has 0 N–H and O–H groups in total. The Hall–Kier alpha value is -1.33. The summed E-state index contributed by atoms with van der Waals surface area (Å²) in [6.07, 6.45) is 0. The molecule has 0 radical (unpaired) electrons. The first-order valence-corrected chi connectivity index (χ1v) is 11.9. The van der Waals surface area contributed by atoms with E-state index in [4.69, 9.17) is 11.6 Å². The van der Waals surface area contributed by atoms with Gasteiger partial charge in [0.05, 0.1) is 11.4 Å². The third kappa shape index (κ3) is 5.60. The van der Waals surface area contributed by atoms with Crippen LogP contribution in [0.5, 0.6) is 0 Å². The molecule has 2 aromatic rings. The molecule has 0 fully saturated rings. The minimum atomic E-state index is -3.45. The first kappa shape index (κ1) is 23.0. The van der Waals surface area contributed by atoms with Gasteiger partial charge < -0.3 is 4.55 Å². The van der Waals surface area contributed by atoms with Gasteiger partial charge in [0.25, 0.3) is 0 Å². The largest absolute Gasteiger partial charge is 0.755 e. The molecule has 0 saturated carbocycles. The van der Waals surface area contributed by atoms with E-state index < -0.39 is 45.0 Å². The molecule has 0 saturated heterocycles. The fraction of sp³-hybridized carbons (Fsp3) is 0.235. The minimum absolute atomic E-state index is 0.0126. The number of hydrogen-bond acceptors (Lipinski definition) is 5. The summed E-state index contributed by atoms with van der Waals surface area (Å²) < 4.78 is 61.7. The van der Waals surface area contributed by atoms with Gasteiger partial charge in [-0.2, -0.15) is 0 Å². The number of rotatable bonds is 8. The second kappa shape index (κ2) is 9.45. The Balaban J connectivity index is 2.39. The molecule has 0 spiro atoms. The molecule has 0 aliphatic heterocycles. The zero-order chi connectivity index (χ0) is 21.1. The van der Waals surface area contributed by atoms with Gasteiger partial charge in [-0.15, -0.1) is 0 Å². The van der Waals surface area contributed by atoms with Crippen LogP contribution in [0.1, 0.15) is 22.8 Å². The zero-order valence-corrected chi connectivity index (χ0v) is 18.5. The van der Waals surface area contributed by atoms with Crippen LogP contribution in [0.15, 0.2) is 40.9 Å². The second-order valence-electron chi connectivity index (χ2n) is 5.68. The molecule has 11 heteroatoms. The van der Waals surface area contributed by atoms with E-state index in [1.165, 1.54) is 31.2 Å². The Labute approximate surface area is 178 Å². The van der Waals surface area contributed by atoms with Crippen LogP contribution in [-0.4, -0.2) is 41.0 Å². The molecule has 2 aromatic carbocycles. The van der Waals surface area contributed by atoms with Crippen LogP contribution < -0.4 is 4.31 Å². The normalized spacial score (nSPS) is 12.6. The van der Waals surface area contributed by atoms with Crippen molar-refractivity contribution < 1.29 is 26.4 Å². The van der Waals surface area contributed by atoms with Gasteiger partial charge in [0.2, 0.25) is 0 Å². The van der Waals surface area contributed by atoms with Crippen molar-refractivity contribution >= 4 is 60.1 Å². The highest BCUT2D eigenvalue weighted by atomic mass is 79.9. The Morgan fingerprint density at radius 3 is 2.43 bits per heavy atom. The maximum absolute atomic E-state index is 14.6. The van der Waals surface area contributed by atoms with Gasteiger partial charge in [0, 0.05) is 44.2 Å². The molecule has 0 bridgehead atoms. The van der Waals surface area contributed by atoms with Crippen molar-refractivity contribution in [2.75, 3.05) is 22.4 Å². The highest BCUT2D eigenvalue weighted by Gasteiger charge is 2.21. The molecule has 152 valence electrons. The quantitative estimate of drug-likeness (QED) is 0.399.